The SMILES string of the molecule is CO[C@H]1C[C@H](c2nc(C)no2)N(C(=O)C/C=C/c2ccccc2F)C1. The third-order valence-electron chi connectivity index (χ3n) is 4.24. The highest BCUT2D eigenvalue weighted by atomic mass is 19.1. The highest BCUT2D eigenvalue weighted by Gasteiger charge is 2.39. The van der Waals surface area contributed by atoms with Crippen molar-refractivity contribution in [3.8, 4) is 0 Å². The number of halogens is 1. The van der Waals surface area contributed by atoms with Crippen molar-refractivity contribution >= 4 is 12.0 Å². The molecule has 0 bridgehead atoms. The number of benzene rings is 1. The van der Waals surface area contributed by atoms with Crippen LogP contribution in [0.25, 0.3) is 6.08 Å². The number of methoxy groups -OCH3 is 1. The molecule has 1 aromatic carbocycles. The van der Waals surface area contributed by atoms with E-state index in [-0.39, 0.29) is 30.3 Å². The van der Waals surface area contributed by atoms with Crippen LogP contribution in [0.3, 0.4) is 0 Å². The van der Waals surface area contributed by atoms with Gasteiger partial charge >= 0.3 is 0 Å². The monoisotopic (exact) mass is 345 g/mol. The highest BCUT2D eigenvalue weighted by Crippen LogP contribution is 2.33. The van der Waals surface area contributed by atoms with Crippen LogP contribution in [0.4, 0.5) is 4.39 Å². The fourth-order valence-electron chi connectivity index (χ4n) is 2.94. The zero-order valence-electron chi connectivity index (χ0n) is 14.2. The van der Waals surface area contributed by atoms with Crippen LogP contribution in [0.15, 0.2) is 34.9 Å². The minimum Gasteiger partial charge on any atom is -0.380 e. The van der Waals surface area contributed by atoms with Crippen molar-refractivity contribution in [2.75, 3.05) is 13.7 Å². The third-order valence-corrected chi connectivity index (χ3v) is 4.24. The molecular formula is C18H20FN3O3. The average Bonchev–Trinajstić information content (AvgIpc) is 3.22. The van der Waals surface area contributed by atoms with Crippen LogP contribution in [0, 0.1) is 12.7 Å². The van der Waals surface area contributed by atoms with Crippen LogP contribution in [-0.4, -0.2) is 40.7 Å². The van der Waals surface area contributed by atoms with Gasteiger partial charge in [0, 0.05) is 32.1 Å². The Morgan fingerprint density at radius 2 is 2.28 bits per heavy atom. The molecule has 132 valence electrons. The van der Waals surface area contributed by atoms with Crippen molar-refractivity contribution in [3.05, 3.63) is 53.4 Å². The molecule has 0 aliphatic carbocycles. The van der Waals surface area contributed by atoms with Gasteiger partial charge in [-0.2, -0.15) is 4.98 Å². The Kier molecular flexibility index (Phi) is 5.23. The molecule has 1 amide bonds. The Balaban J connectivity index is 1.69. The van der Waals surface area contributed by atoms with E-state index in [1.807, 2.05) is 0 Å². The predicted octanol–water partition coefficient (Wildman–Crippen LogP) is 2.91. The van der Waals surface area contributed by atoms with E-state index in [1.165, 1.54) is 6.07 Å². The molecule has 0 spiro atoms. The van der Waals surface area contributed by atoms with Crippen molar-refractivity contribution in [1.82, 2.24) is 15.0 Å². The summed E-state index contributed by atoms with van der Waals surface area (Å²) < 4.78 is 24.2. The van der Waals surface area contributed by atoms with E-state index >= 15 is 0 Å². The quantitative estimate of drug-likeness (QED) is 0.833. The summed E-state index contributed by atoms with van der Waals surface area (Å²) in [6.07, 6.45) is 3.98. The van der Waals surface area contributed by atoms with Gasteiger partial charge in [0.15, 0.2) is 5.82 Å². The molecule has 0 saturated carbocycles. The maximum Gasteiger partial charge on any atom is 0.249 e. The van der Waals surface area contributed by atoms with Gasteiger partial charge in [-0.1, -0.05) is 35.5 Å². The lowest BCUT2D eigenvalue weighted by atomic mass is 10.1. The summed E-state index contributed by atoms with van der Waals surface area (Å²) in [5.74, 6) is 0.547. The molecule has 3 rings (SSSR count). The van der Waals surface area contributed by atoms with E-state index in [0.717, 1.165) is 0 Å². The van der Waals surface area contributed by atoms with Gasteiger partial charge in [-0.3, -0.25) is 4.79 Å². The molecule has 1 saturated heterocycles. The number of amides is 1. The predicted molar refractivity (Wildman–Crippen MR) is 89.0 cm³/mol. The zero-order valence-corrected chi connectivity index (χ0v) is 14.2. The molecule has 1 fully saturated rings. The van der Waals surface area contributed by atoms with Gasteiger partial charge in [0.1, 0.15) is 11.9 Å². The number of carbonyl (C=O) groups is 1. The second-order valence-electron chi connectivity index (χ2n) is 5.96. The molecule has 0 radical (unpaired) electrons. The van der Waals surface area contributed by atoms with E-state index in [0.29, 0.717) is 30.2 Å². The molecule has 6 nitrogen and oxygen atoms in total. The lowest BCUT2D eigenvalue weighted by molar-refractivity contribution is -0.132. The van der Waals surface area contributed by atoms with Crippen LogP contribution >= 0.6 is 0 Å². The van der Waals surface area contributed by atoms with E-state index < -0.39 is 0 Å². The van der Waals surface area contributed by atoms with Gasteiger partial charge in [0.05, 0.1) is 6.10 Å². The van der Waals surface area contributed by atoms with Crippen molar-refractivity contribution in [2.24, 2.45) is 0 Å². The number of hydrogen-bond acceptors (Lipinski definition) is 5. The summed E-state index contributed by atoms with van der Waals surface area (Å²) >= 11 is 0. The molecule has 0 unspecified atom stereocenters. The zero-order chi connectivity index (χ0) is 17.8. The summed E-state index contributed by atoms with van der Waals surface area (Å²) in [7, 11) is 1.62. The first-order valence-electron chi connectivity index (χ1n) is 8.12. The van der Waals surface area contributed by atoms with Crippen LogP contribution in [0.5, 0.6) is 0 Å². The van der Waals surface area contributed by atoms with Crippen LogP contribution < -0.4 is 0 Å². The van der Waals surface area contributed by atoms with E-state index in [2.05, 4.69) is 10.1 Å². The molecule has 0 N–H and O–H groups in total. The molecular weight excluding hydrogens is 325 g/mol. The average molecular weight is 345 g/mol. The molecule has 2 heterocycles. The molecule has 1 aromatic heterocycles. The summed E-state index contributed by atoms with van der Waals surface area (Å²) in [4.78, 5) is 18.5. The maximum atomic E-state index is 13.6. The smallest absolute Gasteiger partial charge is 0.249 e. The van der Waals surface area contributed by atoms with Crippen LogP contribution in [0.2, 0.25) is 0 Å². The van der Waals surface area contributed by atoms with Crippen LogP contribution in [0.1, 0.15) is 36.2 Å². The number of likely N-dealkylation sites (tertiary alicyclic amines) is 1. The first kappa shape index (κ1) is 17.3. The van der Waals surface area contributed by atoms with E-state index in [9.17, 15) is 9.18 Å². The fourth-order valence-corrected chi connectivity index (χ4v) is 2.94. The number of carbonyl (C=O) groups excluding carboxylic acids is 1. The Labute approximate surface area is 145 Å². The molecule has 1 aliphatic heterocycles. The Bertz CT molecular complexity index is 774. The minimum atomic E-state index is -0.314. The highest BCUT2D eigenvalue weighted by molar-refractivity contribution is 5.79. The summed E-state index contributed by atoms with van der Waals surface area (Å²) in [5, 5.41) is 3.80. The third kappa shape index (κ3) is 3.93. The maximum absolute atomic E-state index is 13.6. The molecule has 2 aromatic rings. The van der Waals surface area contributed by atoms with Crippen molar-refractivity contribution in [1.29, 1.82) is 0 Å². The number of rotatable bonds is 5. The van der Waals surface area contributed by atoms with Crippen molar-refractivity contribution in [3.63, 3.8) is 0 Å². The van der Waals surface area contributed by atoms with Crippen LogP contribution in [-0.2, 0) is 9.53 Å². The molecule has 1 aliphatic rings. The van der Waals surface area contributed by atoms with Crippen molar-refractivity contribution in [2.45, 2.75) is 31.9 Å². The number of aromatic nitrogens is 2. The van der Waals surface area contributed by atoms with Gasteiger partial charge in [-0.25, -0.2) is 4.39 Å². The summed E-state index contributed by atoms with van der Waals surface area (Å²) in [6, 6.07) is 6.14. The van der Waals surface area contributed by atoms with Gasteiger partial charge in [0.2, 0.25) is 11.8 Å². The Morgan fingerprint density at radius 3 is 2.96 bits per heavy atom. The lowest BCUT2D eigenvalue weighted by Crippen LogP contribution is -2.31. The van der Waals surface area contributed by atoms with Gasteiger partial charge < -0.3 is 14.2 Å². The number of aryl methyl sites for hydroxylation is 1. The van der Waals surface area contributed by atoms with Gasteiger partial charge in [0.25, 0.3) is 0 Å². The van der Waals surface area contributed by atoms with E-state index in [1.54, 1.807) is 49.3 Å². The number of nitrogens with zero attached hydrogens (tertiary/aromatic N) is 3. The van der Waals surface area contributed by atoms with Crippen molar-refractivity contribution < 1.29 is 18.4 Å². The van der Waals surface area contributed by atoms with Gasteiger partial charge in [-0.05, 0) is 13.0 Å². The first-order chi connectivity index (χ1) is 12.1. The standard InChI is InChI=1S/C18H20FN3O3/c1-12-20-18(25-21-12)16-10-14(24-2)11-22(16)17(23)9-5-7-13-6-3-4-8-15(13)19/h3-8,14,16H,9-11H2,1-2H3/b7-5+/t14-,16+/m0/s1. The fraction of sp³-hybridized carbons (Fsp3) is 0.389. The first-order valence-corrected chi connectivity index (χ1v) is 8.12. The normalized spacial score (nSPS) is 20.5. The minimum absolute atomic E-state index is 0.0725. The number of ether oxygens (including phenoxy) is 1. The second kappa shape index (κ2) is 7.57. The second-order valence-corrected chi connectivity index (χ2v) is 5.96. The van der Waals surface area contributed by atoms with E-state index in [4.69, 9.17) is 9.26 Å². The Hall–Kier alpha value is -2.54. The molecule has 25 heavy (non-hydrogen) atoms. The van der Waals surface area contributed by atoms with Gasteiger partial charge in [-0.15, -0.1) is 0 Å². The topological polar surface area (TPSA) is 68.5 Å². The molecule has 7 heteroatoms. The largest absolute Gasteiger partial charge is 0.380 e. The summed E-state index contributed by atoms with van der Waals surface area (Å²) in [5.41, 5.74) is 0.454. The summed E-state index contributed by atoms with van der Waals surface area (Å²) in [6.45, 7) is 2.20. The Morgan fingerprint density at radius 1 is 1.48 bits per heavy atom. The lowest BCUT2D eigenvalue weighted by Gasteiger charge is -2.21. The number of hydrogen-bond donors (Lipinski definition) is 0. The molecule has 2 atom stereocenters.